The highest BCUT2D eigenvalue weighted by Crippen LogP contribution is 2.20. The van der Waals surface area contributed by atoms with E-state index in [0.717, 1.165) is 37.6 Å². The molecule has 2 rings (SSSR count). The smallest absolute Gasteiger partial charge is 0.239 e. The second kappa shape index (κ2) is 6.80. The summed E-state index contributed by atoms with van der Waals surface area (Å²) in [5, 5.41) is 0. The quantitative estimate of drug-likeness (QED) is 0.909. The van der Waals surface area contributed by atoms with Gasteiger partial charge in [-0.25, -0.2) is 0 Å². The van der Waals surface area contributed by atoms with Crippen molar-refractivity contribution in [2.75, 3.05) is 38.2 Å². The zero-order chi connectivity index (χ0) is 15.4. The van der Waals surface area contributed by atoms with E-state index in [9.17, 15) is 4.79 Å². The van der Waals surface area contributed by atoms with Crippen LogP contribution in [0.1, 0.15) is 13.8 Å². The maximum atomic E-state index is 12.2. The Morgan fingerprint density at radius 3 is 2.19 bits per heavy atom. The third-order valence-corrected chi connectivity index (χ3v) is 4.03. The first kappa shape index (κ1) is 15.6. The van der Waals surface area contributed by atoms with Crippen molar-refractivity contribution in [3.63, 3.8) is 0 Å². The third-order valence-electron chi connectivity index (χ3n) is 4.03. The number of nitrogens with two attached hydrogens (primary N) is 1. The molecule has 5 nitrogen and oxygen atoms in total. The molecule has 1 aromatic rings. The lowest BCUT2D eigenvalue weighted by molar-refractivity contribution is -0.133. The Balaban J connectivity index is 1.92. The minimum absolute atomic E-state index is 0.0689. The van der Waals surface area contributed by atoms with Gasteiger partial charge < -0.3 is 20.3 Å². The van der Waals surface area contributed by atoms with E-state index in [0.29, 0.717) is 0 Å². The number of benzene rings is 1. The molecule has 1 fully saturated rings. The van der Waals surface area contributed by atoms with E-state index >= 15 is 0 Å². The Morgan fingerprint density at radius 2 is 1.71 bits per heavy atom. The number of rotatable bonds is 4. The lowest BCUT2D eigenvalue weighted by Gasteiger charge is -2.37. The Labute approximate surface area is 126 Å². The maximum absolute atomic E-state index is 12.2. The summed E-state index contributed by atoms with van der Waals surface area (Å²) in [6.07, 6.45) is 0. The van der Waals surface area contributed by atoms with Crippen molar-refractivity contribution in [2.45, 2.75) is 19.9 Å². The molecule has 21 heavy (non-hydrogen) atoms. The predicted molar refractivity (Wildman–Crippen MR) is 84.6 cm³/mol. The Bertz CT molecular complexity index is 465. The summed E-state index contributed by atoms with van der Waals surface area (Å²) in [4.78, 5) is 16.4. The average molecular weight is 291 g/mol. The van der Waals surface area contributed by atoms with Gasteiger partial charge in [-0.1, -0.05) is 13.8 Å². The van der Waals surface area contributed by atoms with Crippen LogP contribution in [0.15, 0.2) is 24.3 Å². The summed E-state index contributed by atoms with van der Waals surface area (Å²) < 4.78 is 5.17. The van der Waals surface area contributed by atoms with Gasteiger partial charge in [-0.3, -0.25) is 4.79 Å². The number of anilines is 1. The van der Waals surface area contributed by atoms with Gasteiger partial charge in [0.15, 0.2) is 0 Å². The van der Waals surface area contributed by atoms with Crippen molar-refractivity contribution in [3.8, 4) is 5.75 Å². The molecule has 1 heterocycles. The molecule has 0 unspecified atom stereocenters. The molecule has 0 aliphatic carbocycles. The molecule has 1 saturated heterocycles. The van der Waals surface area contributed by atoms with E-state index in [1.54, 1.807) is 7.11 Å². The first-order chi connectivity index (χ1) is 10.0. The molecule has 5 heteroatoms. The van der Waals surface area contributed by atoms with E-state index in [1.165, 1.54) is 0 Å². The van der Waals surface area contributed by atoms with Gasteiger partial charge >= 0.3 is 0 Å². The first-order valence-corrected chi connectivity index (χ1v) is 7.46. The summed E-state index contributed by atoms with van der Waals surface area (Å²) in [6, 6.07) is 7.63. The largest absolute Gasteiger partial charge is 0.497 e. The second-order valence-electron chi connectivity index (χ2n) is 5.78. The maximum Gasteiger partial charge on any atom is 0.239 e. The zero-order valence-corrected chi connectivity index (χ0v) is 13.1. The Morgan fingerprint density at radius 1 is 1.14 bits per heavy atom. The average Bonchev–Trinajstić information content (AvgIpc) is 2.53. The summed E-state index contributed by atoms with van der Waals surface area (Å²) in [7, 11) is 1.66. The number of ether oxygens (including phenoxy) is 1. The molecule has 0 saturated carbocycles. The molecule has 2 N–H and O–H groups in total. The molecule has 1 aliphatic heterocycles. The Hall–Kier alpha value is -1.75. The molecule has 1 aliphatic rings. The van der Waals surface area contributed by atoms with Gasteiger partial charge in [0.2, 0.25) is 5.91 Å². The number of hydrogen-bond donors (Lipinski definition) is 1. The fraction of sp³-hybridized carbons (Fsp3) is 0.562. The van der Waals surface area contributed by atoms with Crippen LogP contribution in [0, 0.1) is 5.92 Å². The van der Waals surface area contributed by atoms with Crippen LogP contribution < -0.4 is 15.4 Å². The van der Waals surface area contributed by atoms with Crippen LogP contribution in [-0.4, -0.2) is 50.1 Å². The predicted octanol–water partition coefficient (Wildman–Crippen LogP) is 1.33. The lowest BCUT2D eigenvalue weighted by atomic mass is 10.0. The molecular weight excluding hydrogens is 266 g/mol. The highest BCUT2D eigenvalue weighted by atomic mass is 16.5. The molecule has 116 valence electrons. The molecule has 1 aromatic carbocycles. The molecular formula is C16H25N3O2. The number of piperazine rings is 1. The zero-order valence-electron chi connectivity index (χ0n) is 13.1. The number of carbonyl (C=O) groups is 1. The van der Waals surface area contributed by atoms with Gasteiger partial charge in [-0.2, -0.15) is 0 Å². The standard InChI is InChI=1S/C16H25N3O2/c1-12(2)15(17)16(20)19-10-8-18(9-11-19)13-4-6-14(21-3)7-5-13/h4-7,12,15H,8-11,17H2,1-3H3/t15-/m1/s1. The molecule has 0 spiro atoms. The van der Waals surface area contributed by atoms with Gasteiger partial charge in [0, 0.05) is 31.9 Å². The molecule has 1 amide bonds. The van der Waals surface area contributed by atoms with Crippen LogP contribution in [0.2, 0.25) is 0 Å². The number of methoxy groups -OCH3 is 1. The van der Waals surface area contributed by atoms with Crippen molar-refractivity contribution in [1.29, 1.82) is 0 Å². The van der Waals surface area contributed by atoms with E-state index in [4.69, 9.17) is 10.5 Å². The van der Waals surface area contributed by atoms with Crippen molar-refractivity contribution in [2.24, 2.45) is 11.7 Å². The summed E-state index contributed by atoms with van der Waals surface area (Å²) in [6.45, 7) is 7.09. The van der Waals surface area contributed by atoms with Gasteiger partial charge in [-0.15, -0.1) is 0 Å². The third kappa shape index (κ3) is 3.67. The van der Waals surface area contributed by atoms with Crippen molar-refractivity contribution >= 4 is 11.6 Å². The van der Waals surface area contributed by atoms with Gasteiger partial charge in [0.25, 0.3) is 0 Å². The van der Waals surface area contributed by atoms with Crippen LogP contribution in [-0.2, 0) is 4.79 Å². The topological polar surface area (TPSA) is 58.8 Å². The molecule has 1 atom stereocenters. The monoisotopic (exact) mass is 291 g/mol. The van der Waals surface area contributed by atoms with E-state index in [2.05, 4.69) is 17.0 Å². The summed E-state index contributed by atoms with van der Waals surface area (Å²) >= 11 is 0. The number of hydrogen-bond acceptors (Lipinski definition) is 4. The molecule has 0 radical (unpaired) electrons. The second-order valence-corrected chi connectivity index (χ2v) is 5.78. The van der Waals surface area contributed by atoms with Crippen LogP contribution in [0.25, 0.3) is 0 Å². The number of amides is 1. The summed E-state index contributed by atoms with van der Waals surface area (Å²) in [5.74, 6) is 1.10. The molecule has 0 bridgehead atoms. The van der Waals surface area contributed by atoms with E-state index in [-0.39, 0.29) is 11.8 Å². The minimum Gasteiger partial charge on any atom is -0.497 e. The van der Waals surface area contributed by atoms with Crippen LogP contribution in [0.3, 0.4) is 0 Å². The van der Waals surface area contributed by atoms with Crippen molar-refractivity contribution in [1.82, 2.24) is 4.90 Å². The van der Waals surface area contributed by atoms with Crippen molar-refractivity contribution in [3.05, 3.63) is 24.3 Å². The highest BCUT2D eigenvalue weighted by molar-refractivity contribution is 5.82. The van der Waals surface area contributed by atoms with Gasteiger partial charge in [0.05, 0.1) is 13.2 Å². The SMILES string of the molecule is COc1ccc(N2CCN(C(=O)[C@H](N)C(C)C)CC2)cc1. The van der Waals surface area contributed by atoms with Gasteiger partial charge in [-0.05, 0) is 30.2 Å². The minimum atomic E-state index is -0.391. The lowest BCUT2D eigenvalue weighted by Crippen LogP contribution is -2.54. The van der Waals surface area contributed by atoms with E-state index < -0.39 is 6.04 Å². The normalized spacial score (nSPS) is 17.0. The van der Waals surface area contributed by atoms with Crippen molar-refractivity contribution < 1.29 is 9.53 Å². The number of nitrogens with zero attached hydrogens (tertiary/aromatic N) is 2. The fourth-order valence-corrected chi connectivity index (χ4v) is 2.47. The molecule has 0 aromatic heterocycles. The van der Waals surface area contributed by atoms with E-state index in [1.807, 2.05) is 30.9 Å². The van der Waals surface area contributed by atoms with Crippen LogP contribution in [0.5, 0.6) is 5.75 Å². The Kier molecular flexibility index (Phi) is 5.07. The van der Waals surface area contributed by atoms with Crippen LogP contribution in [0.4, 0.5) is 5.69 Å². The van der Waals surface area contributed by atoms with Gasteiger partial charge in [0.1, 0.15) is 5.75 Å². The fourth-order valence-electron chi connectivity index (χ4n) is 2.47. The first-order valence-electron chi connectivity index (χ1n) is 7.46. The number of carbonyl (C=O) groups excluding carboxylic acids is 1. The van der Waals surface area contributed by atoms with Crippen LogP contribution >= 0.6 is 0 Å². The summed E-state index contributed by atoms with van der Waals surface area (Å²) in [5.41, 5.74) is 7.11. The highest BCUT2D eigenvalue weighted by Gasteiger charge is 2.26.